The number of methoxy groups -OCH3 is 1. The van der Waals surface area contributed by atoms with Crippen molar-refractivity contribution in [2.75, 3.05) is 33.6 Å². The first-order valence-corrected chi connectivity index (χ1v) is 10.3. The standard InChI is InChI=1S/C17H28FN3O3S/c1-19-17(20-9-5-4-6-10-24-2)21-12-15-11-16(18)8-7-14(15)13-25(3,22)23/h7-8,11H,4-6,9-10,12-13H2,1-3H3,(H2,19,20,21). The Hall–Kier alpha value is -1.67. The number of nitrogens with zero attached hydrogens (tertiary/aromatic N) is 1. The minimum atomic E-state index is -3.19. The van der Waals surface area contributed by atoms with Crippen LogP contribution in [0.4, 0.5) is 4.39 Å². The van der Waals surface area contributed by atoms with E-state index in [-0.39, 0.29) is 5.75 Å². The lowest BCUT2D eigenvalue weighted by Gasteiger charge is -2.14. The Labute approximate surface area is 149 Å². The van der Waals surface area contributed by atoms with Crippen LogP contribution in [0, 0.1) is 5.82 Å². The molecule has 2 N–H and O–H groups in total. The molecule has 0 aromatic heterocycles. The largest absolute Gasteiger partial charge is 0.385 e. The van der Waals surface area contributed by atoms with E-state index in [2.05, 4.69) is 15.6 Å². The zero-order valence-corrected chi connectivity index (χ0v) is 16.0. The Morgan fingerprint density at radius 1 is 1.20 bits per heavy atom. The van der Waals surface area contributed by atoms with Gasteiger partial charge in [0.15, 0.2) is 15.8 Å². The van der Waals surface area contributed by atoms with E-state index in [9.17, 15) is 12.8 Å². The average molecular weight is 373 g/mol. The van der Waals surface area contributed by atoms with Crippen LogP contribution >= 0.6 is 0 Å². The Morgan fingerprint density at radius 2 is 1.96 bits per heavy atom. The van der Waals surface area contributed by atoms with Gasteiger partial charge in [0, 0.05) is 40.1 Å². The molecule has 0 aliphatic heterocycles. The quantitative estimate of drug-likeness (QED) is 0.372. The van der Waals surface area contributed by atoms with Gasteiger partial charge in [0.1, 0.15) is 5.82 Å². The first kappa shape index (κ1) is 21.4. The monoisotopic (exact) mass is 373 g/mol. The van der Waals surface area contributed by atoms with Crippen molar-refractivity contribution in [3.05, 3.63) is 35.1 Å². The summed E-state index contributed by atoms with van der Waals surface area (Å²) in [4.78, 5) is 4.12. The van der Waals surface area contributed by atoms with Crippen molar-refractivity contribution >= 4 is 15.8 Å². The minimum absolute atomic E-state index is 0.115. The molecule has 0 radical (unpaired) electrons. The van der Waals surface area contributed by atoms with E-state index < -0.39 is 15.7 Å². The molecule has 142 valence electrons. The number of rotatable bonds is 10. The van der Waals surface area contributed by atoms with E-state index in [0.717, 1.165) is 38.7 Å². The fraction of sp³-hybridized carbons (Fsp3) is 0.588. The van der Waals surface area contributed by atoms with Crippen molar-refractivity contribution in [1.82, 2.24) is 10.6 Å². The normalized spacial score (nSPS) is 12.2. The zero-order valence-electron chi connectivity index (χ0n) is 15.1. The van der Waals surface area contributed by atoms with E-state index in [1.165, 1.54) is 18.2 Å². The number of aliphatic imine (C=N–C) groups is 1. The van der Waals surface area contributed by atoms with Gasteiger partial charge in [-0.2, -0.15) is 0 Å². The third-order valence-corrected chi connectivity index (χ3v) is 4.41. The molecule has 8 heteroatoms. The molecule has 1 aromatic carbocycles. The number of sulfone groups is 1. The molecule has 0 amide bonds. The minimum Gasteiger partial charge on any atom is -0.385 e. The van der Waals surface area contributed by atoms with Crippen molar-refractivity contribution in [2.24, 2.45) is 4.99 Å². The predicted molar refractivity (Wildman–Crippen MR) is 98.9 cm³/mol. The number of halogens is 1. The lowest BCUT2D eigenvalue weighted by atomic mass is 10.1. The van der Waals surface area contributed by atoms with Gasteiger partial charge in [-0.15, -0.1) is 0 Å². The summed E-state index contributed by atoms with van der Waals surface area (Å²) in [7, 11) is 0.157. The van der Waals surface area contributed by atoms with E-state index in [0.29, 0.717) is 23.6 Å². The molecule has 25 heavy (non-hydrogen) atoms. The van der Waals surface area contributed by atoms with Gasteiger partial charge in [0.2, 0.25) is 0 Å². The topological polar surface area (TPSA) is 79.8 Å². The third-order valence-electron chi connectivity index (χ3n) is 3.57. The van der Waals surface area contributed by atoms with Crippen LogP contribution in [0.2, 0.25) is 0 Å². The fourth-order valence-electron chi connectivity index (χ4n) is 2.34. The van der Waals surface area contributed by atoms with Crippen LogP contribution in [0.3, 0.4) is 0 Å². The van der Waals surface area contributed by atoms with Gasteiger partial charge in [-0.25, -0.2) is 12.8 Å². The van der Waals surface area contributed by atoms with Crippen LogP contribution in [-0.4, -0.2) is 47.9 Å². The summed E-state index contributed by atoms with van der Waals surface area (Å²) >= 11 is 0. The number of nitrogens with one attached hydrogen (secondary N) is 2. The summed E-state index contributed by atoms with van der Waals surface area (Å²) in [5.41, 5.74) is 1.19. The van der Waals surface area contributed by atoms with Gasteiger partial charge < -0.3 is 15.4 Å². The summed E-state index contributed by atoms with van der Waals surface area (Å²) in [6.07, 6.45) is 4.23. The van der Waals surface area contributed by atoms with E-state index >= 15 is 0 Å². The first-order chi connectivity index (χ1) is 11.9. The molecule has 0 spiro atoms. The molecule has 0 aliphatic rings. The lowest BCUT2D eigenvalue weighted by Crippen LogP contribution is -2.37. The van der Waals surface area contributed by atoms with Crippen molar-refractivity contribution < 1.29 is 17.5 Å². The molecular formula is C17H28FN3O3S. The van der Waals surface area contributed by atoms with Crippen LogP contribution in [0.15, 0.2) is 23.2 Å². The van der Waals surface area contributed by atoms with E-state index in [1.54, 1.807) is 14.2 Å². The highest BCUT2D eigenvalue weighted by molar-refractivity contribution is 7.89. The predicted octanol–water partition coefficient (Wildman–Crippen LogP) is 1.85. The van der Waals surface area contributed by atoms with Gasteiger partial charge in [-0.05, 0) is 42.5 Å². The maximum absolute atomic E-state index is 13.5. The fourth-order valence-corrected chi connectivity index (χ4v) is 3.18. The molecule has 0 aliphatic carbocycles. The van der Waals surface area contributed by atoms with E-state index in [4.69, 9.17) is 4.74 Å². The second-order valence-corrected chi connectivity index (χ2v) is 8.03. The van der Waals surface area contributed by atoms with Gasteiger partial charge in [-0.3, -0.25) is 4.99 Å². The summed E-state index contributed by atoms with van der Waals surface area (Å²) in [6.45, 7) is 1.82. The molecule has 0 atom stereocenters. The van der Waals surface area contributed by atoms with Crippen molar-refractivity contribution in [1.29, 1.82) is 0 Å². The molecule has 0 unspecified atom stereocenters. The van der Waals surface area contributed by atoms with Crippen LogP contribution < -0.4 is 10.6 Å². The summed E-state index contributed by atoms with van der Waals surface area (Å²) in [5.74, 6) is 0.0898. The highest BCUT2D eigenvalue weighted by atomic mass is 32.2. The highest BCUT2D eigenvalue weighted by Gasteiger charge is 2.11. The Bertz CT molecular complexity index is 663. The second kappa shape index (κ2) is 11.0. The summed E-state index contributed by atoms with van der Waals surface area (Å²) in [5, 5.41) is 6.28. The first-order valence-electron chi connectivity index (χ1n) is 8.24. The van der Waals surface area contributed by atoms with Crippen LogP contribution in [-0.2, 0) is 26.9 Å². The van der Waals surface area contributed by atoms with Gasteiger partial charge in [-0.1, -0.05) is 6.07 Å². The molecule has 1 rings (SSSR count). The Balaban J connectivity index is 2.56. The number of ether oxygens (including phenoxy) is 1. The summed E-state index contributed by atoms with van der Waals surface area (Å²) in [6, 6.07) is 4.14. The zero-order chi connectivity index (χ0) is 18.7. The average Bonchev–Trinajstić information content (AvgIpc) is 2.54. The number of unbranched alkanes of at least 4 members (excludes halogenated alkanes) is 2. The smallest absolute Gasteiger partial charge is 0.191 e. The van der Waals surface area contributed by atoms with Crippen molar-refractivity contribution in [3.8, 4) is 0 Å². The second-order valence-electron chi connectivity index (χ2n) is 5.89. The lowest BCUT2D eigenvalue weighted by molar-refractivity contribution is 0.192. The number of hydrogen-bond acceptors (Lipinski definition) is 4. The molecule has 0 fully saturated rings. The molecule has 1 aromatic rings. The molecule has 0 bridgehead atoms. The number of guanidine groups is 1. The molecular weight excluding hydrogens is 345 g/mol. The molecule has 6 nitrogen and oxygen atoms in total. The third kappa shape index (κ3) is 9.40. The Morgan fingerprint density at radius 3 is 2.60 bits per heavy atom. The van der Waals surface area contributed by atoms with Gasteiger partial charge in [0.25, 0.3) is 0 Å². The maximum atomic E-state index is 13.5. The highest BCUT2D eigenvalue weighted by Crippen LogP contribution is 2.14. The van der Waals surface area contributed by atoms with Gasteiger partial charge >= 0.3 is 0 Å². The number of benzene rings is 1. The van der Waals surface area contributed by atoms with Crippen molar-refractivity contribution in [3.63, 3.8) is 0 Å². The molecule has 0 heterocycles. The SMILES string of the molecule is CN=C(NCCCCCOC)NCc1cc(F)ccc1CS(C)(=O)=O. The summed E-state index contributed by atoms with van der Waals surface area (Å²) < 4.78 is 41.6. The number of hydrogen-bond donors (Lipinski definition) is 2. The molecule has 0 saturated heterocycles. The van der Waals surface area contributed by atoms with Crippen LogP contribution in [0.25, 0.3) is 0 Å². The van der Waals surface area contributed by atoms with Crippen molar-refractivity contribution in [2.45, 2.75) is 31.6 Å². The Kier molecular flexibility index (Phi) is 9.44. The van der Waals surface area contributed by atoms with Crippen LogP contribution in [0.5, 0.6) is 0 Å². The van der Waals surface area contributed by atoms with E-state index in [1.807, 2.05) is 0 Å². The van der Waals surface area contributed by atoms with Gasteiger partial charge in [0.05, 0.1) is 5.75 Å². The molecule has 0 saturated carbocycles. The maximum Gasteiger partial charge on any atom is 0.191 e. The van der Waals surface area contributed by atoms with Crippen LogP contribution in [0.1, 0.15) is 30.4 Å².